The molecule has 0 spiro atoms. The van der Waals surface area contributed by atoms with Crippen molar-refractivity contribution in [1.82, 2.24) is 5.32 Å². The van der Waals surface area contributed by atoms with Gasteiger partial charge in [0.1, 0.15) is 30.5 Å². The number of ether oxygens (including phenoxy) is 2. The van der Waals surface area contributed by atoms with Crippen LogP contribution >= 0.6 is 0 Å². The Bertz CT molecular complexity index is 1380. The number of aliphatic hydroxyl groups is 6. The summed E-state index contributed by atoms with van der Waals surface area (Å²) in [5.74, 6) is -0.631. The molecule has 75 heavy (non-hydrogen) atoms. The van der Waals surface area contributed by atoms with E-state index in [1.54, 1.807) is 6.08 Å². The molecule has 7 N–H and O–H groups in total. The predicted molar refractivity (Wildman–Crippen MR) is 315 cm³/mol. The summed E-state index contributed by atoms with van der Waals surface area (Å²) in [5.41, 5.74) is 0. The SMILES string of the molecule is CCCC/C=C/CC/C=C/CC/C=C/C(O)C(COC1OC(CO)C(O)C(O)C1O)NC(=O)C(O)CCCCCCCCCCCCCCCCCC/C=C\C/C=C\CCCCCCCCCCCCCCCCC. The Morgan fingerprint density at radius 2 is 0.840 bits per heavy atom. The van der Waals surface area contributed by atoms with Gasteiger partial charge >= 0.3 is 0 Å². The van der Waals surface area contributed by atoms with Crippen LogP contribution in [0.2, 0.25) is 0 Å². The van der Waals surface area contributed by atoms with Crippen LogP contribution < -0.4 is 5.32 Å². The van der Waals surface area contributed by atoms with Crippen molar-refractivity contribution in [2.45, 2.75) is 332 Å². The number of aliphatic hydroxyl groups excluding tert-OH is 6. The van der Waals surface area contributed by atoms with E-state index in [0.717, 1.165) is 51.4 Å². The van der Waals surface area contributed by atoms with Crippen LogP contribution in [0.25, 0.3) is 0 Å². The molecule has 1 fully saturated rings. The number of unbranched alkanes of at least 4 members (excludes halogenated alkanes) is 35. The first-order valence-corrected chi connectivity index (χ1v) is 31.6. The van der Waals surface area contributed by atoms with E-state index in [1.807, 2.05) is 6.08 Å². The van der Waals surface area contributed by atoms with Crippen LogP contribution in [0.1, 0.15) is 284 Å². The number of hydrogen-bond donors (Lipinski definition) is 7. The Morgan fingerprint density at radius 3 is 1.28 bits per heavy atom. The van der Waals surface area contributed by atoms with E-state index in [9.17, 15) is 35.4 Å². The van der Waals surface area contributed by atoms with Crippen LogP contribution in [0, 0.1) is 0 Å². The standard InChI is InChI=1S/C65H119NO9/c1-3-5-7-9-11-13-15-17-18-19-20-21-22-23-24-25-26-27-28-29-30-31-32-33-34-35-36-37-38-39-40-41-42-44-46-48-50-52-54-59(69)64(73)66-57(56-74-65-63(72)62(71)61(70)60(55-67)75-65)58(68)53-51-49-47-45-43-16-14-12-10-8-6-4-2/h10,12,26-27,29-30,43,45,51,53,57-63,65,67-72H,3-9,11,13-25,28,31-42,44,46-50,52,54-56H2,1-2H3,(H,66,73)/b12-10+,27-26-,30-29-,45-43+,53-51+. The van der Waals surface area contributed by atoms with Gasteiger partial charge in [-0.3, -0.25) is 4.79 Å². The van der Waals surface area contributed by atoms with Gasteiger partial charge in [0, 0.05) is 0 Å². The van der Waals surface area contributed by atoms with Gasteiger partial charge < -0.3 is 45.4 Å². The highest BCUT2D eigenvalue weighted by Crippen LogP contribution is 2.23. The Morgan fingerprint density at radius 1 is 0.467 bits per heavy atom. The van der Waals surface area contributed by atoms with E-state index in [1.165, 1.54) is 199 Å². The number of allylic oxidation sites excluding steroid dienone is 9. The summed E-state index contributed by atoms with van der Waals surface area (Å²) >= 11 is 0. The number of carbonyl (C=O) groups excluding carboxylic acids is 1. The van der Waals surface area contributed by atoms with Gasteiger partial charge in [-0.05, 0) is 70.6 Å². The van der Waals surface area contributed by atoms with Crippen LogP contribution in [0.5, 0.6) is 0 Å². The number of amides is 1. The van der Waals surface area contributed by atoms with Gasteiger partial charge in [-0.2, -0.15) is 0 Å². The Kier molecular flexibility index (Phi) is 50.9. The third kappa shape index (κ3) is 42.5. The average Bonchev–Trinajstić information content (AvgIpc) is 3.41. The molecule has 1 heterocycles. The lowest BCUT2D eigenvalue weighted by Gasteiger charge is -2.40. The Labute approximate surface area is 460 Å². The predicted octanol–water partition coefficient (Wildman–Crippen LogP) is 15.2. The minimum absolute atomic E-state index is 0.300. The van der Waals surface area contributed by atoms with E-state index in [4.69, 9.17) is 9.47 Å². The molecule has 0 radical (unpaired) electrons. The quantitative estimate of drug-likeness (QED) is 0.0232. The fraction of sp³-hybridized carbons (Fsp3) is 0.831. The molecule has 0 aromatic rings. The van der Waals surface area contributed by atoms with Gasteiger partial charge in [0.2, 0.25) is 5.91 Å². The van der Waals surface area contributed by atoms with E-state index in [2.05, 4.69) is 67.8 Å². The lowest BCUT2D eigenvalue weighted by molar-refractivity contribution is -0.302. The van der Waals surface area contributed by atoms with Crippen molar-refractivity contribution in [3.05, 3.63) is 60.8 Å². The van der Waals surface area contributed by atoms with Crippen molar-refractivity contribution in [2.75, 3.05) is 13.2 Å². The summed E-state index contributed by atoms with van der Waals surface area (Å²) in [6.45, 7) is 3.55. The van der Waals surface area contributed by atoms with Crippen molar-refractivity contribution in [3.63, 3.8) is 0 Å². The fourth-order valence-electron chi connectivity index (χ4n) is 9.80. The van der Waals surface area contributed by atoms with Gasteiger partial charge in [-0.25, -0.2) is 0 Å². The summed E-state index contributed by atoms with van der Waals surface area (Å²) in [5, 5.41) is 64.9. The molecule has 0 aromatic carbocycles. The molecule has 0 saturated carbocycles. The Hall–Kier alpha value is -2.15. The number of carbonyl (C=O) groups is 1. The van der Waals surface area contributed by atoms with Crippen molar-refractivity contribution in [1.29, 1.82) is 0 Å². The number of hydrogen-bond acceptors (Lipinski definition) is 9. The molecule has 0 bridgehead atoms. The molecule has 1 amide bonds. The molecule has 0 aromatic heterocycles. The van der Waals surface area contributed by atoms with Gasteiger partial charge in [-0.1, -0.05) is 274 Å². The smallest absolute Gasteiger partial charge is 0.249 e. The maximum atomic E-state index is 13.1. The maximum absolute atomic E-state index is 13.1. The minimum atomic E-state index is -1.62. The highest BCUT2D eigenvalue weighted by Gasteiger charge is 2.44. The molecule has 1 saturated heterocycles. The maximum Gasteiger partial charge on any atom is 0.249 e. The molecular formula is C65H119NO9. The molecule has 10 nitrogen and oxygen atoms in total. The van der Waals surface area contributed by atoms with Crippen LogP contribution in [0.4, 0.5) is 0 Å². The lowest BCUT2D eigenvalue weighted by atomic mass is 9.99. The van der Waals surface area contributed by atoms with Crippen LogP contribution in [0.3, 0.4) is 0 Å². The summed E-state index contributed by atoms with van der Waals surface area (Å²) in [7, 11) is 0. The Balaban J connectivity index is 2.09. The first kappa shape index (κ1) is 70.9. The van der Waals surface area contributed by atoms with Gasteiger partial charge in [-0.15, -0.1) is 0 Å². The largest absolute Gasteiger partial charge is 0.394 e. The van der Waals surface area contributed by atoms with Gasteiger partial charge in [0.15, 0.2) is 6.29 Å². The first-order valence-electron chi connectivity index (χ1n) is 31.6. The van der Waals surface area contributed by atoms with Crippen molar-refractivity contribution in [2.24, 2.45) is 0 Å². The normalized spacial score (nSPS) is 19.7. The fourth-order valence-corrected chi connectivity index (χ4v) is 9.80. The van der Waals surface area contributed by atoms with E-state index in [0.29, 0.717) is 19.3 Å². The lowest BCUT2D eigenvalue weighted by Crippen LogP contribution is -2.60. The summed E-state index contributed by atoms with van der Waals surface area (Å²) < 4.78 is 11.1. The second kappa shape index (κ2) is 53.8. The van der Waals surface area contributed by atoms with E-state index < -0.39 is 61.5 Å². The van der Waals surface area contributed by atoms with Gasteiger partial charge in [0.25, 0.3) is 0 Å². The zero-order chi connectivity index (χ0) is 54.5. The van der Waals surface area contributed by atoms with Gasteiger partial charge in [0.05, 0.1) is 25.4 Å². The monoisotopic (exact) mass is 1060 g/mol. The molecule has 1 rings (SSSR count). The number of rotatable bonds is 54. The van der Waals surface area contributed by atoms with Crippen molar-refractivity contribution >= 4 is 5.91 Å². The van der Waals surface area contributed by atoms with Crippen LogP contribution in [0.15, 0.2) is 60.8 Å². The van der Waals surface area contributed by atoms with Crippen molar-refractivity contribution in [3.8, 4) is 0 Å². The molecular weight excluding hydrogens is 939 g/mol. The molecule has 0 aliphatic carbocycles. The first-order chi connectivity index (χ1) is 36.8. The topological polar surface area (TPSA) is 169 Å². The van der Waals surface area contributed by atoms with Crippen LogP contribution in [-0.4, -0.2) is 98.7 Å². The van der Waals surface area contributed by atoms with E-state index >= 15 is 0 Å². The molecule has 1 aliphatic rings. The highest BCUT2D eigenvalue weighted by atomic mass is 16.7. The summed E-state index contributed by atoms with van der Waals surface area (Å²) in [4.78, 5) is 13.1. The second-order valence-corrected chi connectivity index (χ2v) is 22.0. The third-order valence-electron chi connectivity index (χ3n) is 14.9. The minimum Gasteiger partial charge on any atom is -0.394 e. The third-order valence-corrected chi connectivity index (χ3v) is 14.9. The molecule has 10 heteroatoms. The molecule has 8 atom stereocenters. The molecule has 438 valence electrons. The highest BCUT2D eigenvalue weighted by molar-refractivity contribution is 5.80. The number of nitrogens with one attached hydrogen (secondary N) is 1. The summed E-state index contributed by atoms with van der Waals surface area (Å²) in [6, 6.07) is -1.00. The molecule has 1 aliphatic heterocycles. The second-order valence-electron chi connectivity index (χ2n) is 22.0. The van der Waals surface area contributed by atoms with E-state index in [-0.39, 0.29) is 6.61 Å². The zero-order valence-electron chi connectivity index (χ0n) is 48.4. The molecule has 8 unspecified atom stereocenters. The average molecular weight is 1060 g/mol. The zero-order valence-corrected chi connectivity index (χ0v) is 48.4. The van der Waals surface area contributed by atoms with Crippen molar-refractivity contribution < 1.29 is 44.9 Å². The van der Waals surface area contributed by atoms with Crippen LogP contribution in [-0.2, 0) is 14.3 Å². The summed E-state index contributed by atoms with van der Waals surface area (Å²) in [6.07, 6.45) is 63.8.